The van der Waals surface area contributed by atoms with Crippen molar-refractivity contribution in [2.24, 2.45) is 0 Å². The Morgan fingerprint density at radius 2 is 1.72 bits per heavy atom. The standard InChI is InChI=1S/C20H19ClN2O6/c1-12-3-8-16(23(27)28)20(13(12)2)22-18(25)11-29-19(26)10-9-17(24)14-4-6-15(21)7-5-14/h3-8H,9-11H2,1-2H3,(H,22,25). The third kappa shape index (κ3) is 6.11. The first-order chi connectivity index (χ1) is 13.7. The Kier molecular flexibility index (Phi) is 7.44. The van der Waals surface area contributed by atoms with Crippen LogP contribution in [0.4, 0.5) is 11.4 Å². The van der Waals surface area contributed by atoms with E-state index in [9.17, 15) is 24.5 Å². The molecule has 0 aliphatic rings. The van der Waals surface area contributed by atoms with Crippen molar-refractivity contribution in [1.29, 1.82) is 0 Å². The molecule has 0 saturated carbocycles. The number of nitro groups is 1. The summed E-state index contributed by atoms with van der Waals surface area (Å²) in [6, 6.07) is 9.14. The van der Waals surface area contributed by atoms with Crippen molar-refractivity contribution in [3.8, 4) is 0 Å². The van der Waals surface area contributed by atoms with E-state index < -0.39 is 23.4 Å². The van der Waals surface area contributed by atoms with E-state index in [-0.39, 0.29) is 30.0 Å². The molecule has 0 aliphatic heterocycles. The molecule has 2 aromatic rings. The summed E-state index contributed by atoms with van der Waals surface area (Å²) in [4.78, 5) is 46.4. The van der Waals surface area contributed by atoms with Gasteiger partial charge >= 0.3 is 5.97 Å². The van der Waals surface area contributed by atoms with Crippen LogP contribution in [0.5, 0.6) is 0 Å². The molecule has 0 radical (unpaired) electrons. The number of carbonyl (C=O) groups excluding carboxylic acids is 3. The molecule has 1 amide bonds. The summed E-state index contributed by atoms with van der Waals surface area (Å²) in [6.45, 7) is 2.79. The second-order valence-electron chi connectivity index (χ2n) is 6.30. The number of amides is 1. The van der Waals surface area contributed by atoms with E-state index >= 15 is 0 Å². The highest BCUT2D eigenvalue weighted by Gasteiger charge is 2.20. The number of rotatable bonds is 8. The molecule has 0 fully saturated rings. The molecule has 0 heterocycles. The van der Waals surface area contributed by atoms with Crippen LogP contribution in [0.3, 0.4) is 0 Å². The van der Waals surface area contributed by atoms with E-state index in [1.807, 2.05) is 0 Å². The SMILES string of the molecule is Cc1ccc([N+](=O)[O-])c(NC(=O)COC(=O)CCC(=O)c2ccc(Cl)cc2)c1C. The van der Waals surface area contributed by atoms with Gasteiger partial charge in [0.05, 0.1) is 11.3 Å². The lowest BCUT2D eigenvalue weighted by molar-refractivity contribution is -0.384. The minimum absolute atomic E-state index is 0.0639. The Morgan fingerprint density at radius 3 is 2.34 bits per heavy atom. The zero-order valence-electron chi connectivity index (χ0n) is 15.9. The molecule has 0 spiro atoms. The zero-order chi connectivity index (χ0) is 21.6. The quantitative estimate of drug-likeness (QED) is 0.299. The summed E-state index contributed by atoms with van der Waals surface area (Å²) in [5.74, 6) is -1.69. The van der Waals surface area contributed by atoms with Gasteiger partial charge in [0.25, 0.3) is 11.6 Å². The maximum atomic E-state index is 12.1. The van der Waals surface area contributed by atoms with Crippen LogP contribution >= 0.6 is 11.6 Å². The number of nitrogens with one attached hydrogen (secondary N) is 1. The summed E-state index contributed by atoms with van der Waals surface area (Å²) in [5.41, 5.74) is 1.55. The summed E-state index contributed by atoms with van der Waals surface area (Å²) in [6.07, 6.45) is -0.275. The van der Waals surface area contributed by atoms with Gasteiger partial charge in [-0.15, -0.1) is 0 Å². The number of ether oxygens (including phenoxy) is 1. The Morgan fingerprint density at radius 1 is 1.07 bits per heavy atom. The van der Waals surface area contributed by atoms with Crippen LogP contribution in [0.25, 0.3) is 0 Å². The van der Waals surface area contributed by atoms with Gasteiger partial charge < -0.3 is 10.1 Å². The zero-order valence-corrected chi connectivity index (χ0v) is 16.6. The minimum Gasteiger partial charge on any atom is -0.456 e. The van der Waals surface area contributed by atoms with Crippen LogP contribution in [0.1, 0.15) is 34.3 Å². The predicted octanol–water partition coefficient (Wildman–Crippen LogP) is 4.01. The van der Waals surface area contributed by atoms with Gasteiger partial charge in [-0.3, -0.25) is 24.5 Å². The lowest BCUT2D eigenvalue weighted by Gasteiger charge is -2.11. The van der Waals surface area contributed by atoms with Crippen molar-refractivity contribution in [3.63, 3.8) is 0 Å². The van der Waals surface area contributed by atoms with Gasteiger partial charge in [0.1, 0.15) is 5.69 Å². The van der Waals surface area contributed by atoms with Crippen molar-refractivity contribution in [2.45, 2.75) is 26.7 Å². The molecule has 9 heteroatoms. The van der Waals surface area contributed by atoms with Crippen LogP contribution in [0.2, 0.25) is 5.02 Å². The smallest absolute Gasteiger partial charge is 0.306 e. The van der Waals surface area contributed by atoms with Crippen molar-refractivity contribution in [3.05, 3.63) is 68.2 Å². The fourth-order valence-electron chi connectivity index (χ4n) is 2.50. The molecular formula is C20H19ClN2O6. The fourth-order valence-corrected chi connectivity index (χ4v) is 2.63. The number of esters is 1. The van der Waals surface area contributed by atoms with E-state index in [1.54, 1.807) is 44.2 Å². The molecule has 0 unspecified atom stereocenters. The van der Waals surface area contributed by atoms with Crippen LogP contribution in [-0.4, -0.2) is 29.2 Å². The molecular weight excluding hydrogens is 400 g/mol. The molecule has 0 aromatic heterocycles. The van der Waals surface area contributed by atoms with Gasteiger partial charge in [-0.25, -0.2) is 0 Å². The normalized spacial score (nSPS) is 10.3. The van der Waals surface area contributed by atoms with Crippen LogP contribution in [-0.2, 0) is 14.3 Å². The molecule has 0 aliphatic carbocycles. The highest BCUT2D eigenvalue weighted by molar-refractivity contribution is 6.30. The Balaban J connectivity index is 1.87. The molecule has 0 saturated heterocycles. The topological polar surface area (TPSA) is 116 Å². The Bertz CT molecular complexity index is 956. The first-order valence-corrected chi connectivity index (χ1v) is 9.05. The number of Topliss-reactive ketones (excluding diaryl/α,β-unsaturated/α-hetero) is 1. The second-order valence-corrected chi connectivity index (χ2v) is 6.73. The van der Waals surface area contributed by atoms with Crippen molar-refractivity contribution >= 4 is 40.6 Å². The summed E-state index contributed by atoms with van der Waals surface area (Å²) in [7, 11) is 0. The number of hydrogen-bond donors (Lipinski definition) is 1. The number of nitro benzene ring substituents is 1. The number of halogens is 1. The number of benzene rings is 2. The number of hydrogen-bond acceptors (Lipinski definition) is 6. The average Bonchev–Trinajstić information content (AvgIpc) is 2.68. The maximum Gasteiger partial charge on any atom is 0.306 e. The van der Waals surface area contributed by atoms with E-state index in [2.05, 4.69) is 5.32 Å². The number of nitrogens with zero attached hydrogens (tertiary/aromatic N) is 1. The van der Waals surface area contributed by atoms with Crippen molar-refractivity contribution in [2.75, 3.05) is 11.9 Å². The minimum atomic E-state index is -0.724. The maximum absolute atomic E-state index is 12.1. The van der Waals surface area contributed by atoms with Gasteiger partial charge in [-0.1, -0.05) is 17.7 Å². The molecule has 0 atom stereocenters. The van der Waals surface area contributed by atoms with E-state index in [4.69, 9.17) is 16.3 Å². The summed E-state index contributed by atoms with van der Waals surface area (Å²) in [5, 5.41) is 14.1. The monoisotopic (exact) mass is 418 g/mol. The van der Waals surface area contributed by atoms with Crippen molar-refractivity contribution < 1.29 is 24.0 Å². The van der Waals surface area contributed by atoms with Gasteiger partial charge in [0.2, 0.25) is 0 Å². The average molecular weight is 419 g/mol. The molecule has 2 aromatic carbocycles. The first-order valence-electron chi connectivity index (χ1n) is 8.68. The van der Waals surface area contributed by atoms with Gasteiger partial charge in [-0.05, 0) is 49.2 Å². The first kappa shape index (κ1) is 22.0. The predicted molar refractivity (Wildman–Crippen MR) is 107 cm³/mol. The largest absolute Gasteiger partial charge is 0.456 e. The van der Waals surface area contributed by atoms with Crippen LogP contribution in [0, 0.1) is 24.0 Å². The van der Waals surface area contributed by atoms with Gasteiger partial charge in [0.15, 0.2) is 12.4 Å². The Labute approximate surface area is 172 Å². The molecule has 1 N–H and O–H groups in total. The molecule has 2 rings (SSSR count). The third-order valence-corrected chi connectivity index (χ3v) is 4.51. The highest BCUT2D eigenvalue weighted by Crippen LogP contribution is 2.30. The lowest BCUT2D eigenvalue weighted by atomic mass is 10.1. The van der Waals surface area contributed by atoms with Gasteiger partial charge in [-0.2, -0.15) is 0 Å². The number of anilines is 1. The number of ketones is 1. The van der Waals surface area contributed by atoms with Crippen molar-refractivity contribution in [1.82, 2.24) is 0 Å². The van der Waals surface area contributed by atoms with E-state index in [1.165, 1.54) is 6.07 Å². The van der Waals surface area contributed by atoms with E-state index in [0.717, 1.165) is 5.56 Å². The van der Waals surface area contributed by atoms with Crippen LogP contribution < -0.4 is 5.32 Å². The highest BCUT2D eigenvalue weighted by atomic mass is 35.5. The van der Waals surface area contributed by atoms with Gasteiger partial charge in [0, 0.05) is 23.1 Å². The lowest BCUT2D eigenvalue weighted by Crippen LogP contribution is -2.22. The second kappa shape index (κ2) is 9.79. The Hall–Kier alpha value is -3.26. The number of carbonyl (C=O) groups is 3. The fraction of sp³-hybridized carbons (Fsp3) is 0.250. The summed E-state index contributed by atoms with van der Waals surface area (Å²) >= 11 is 5.76. The molecule has 152 valence electrons. The molecule has 8 nitrogen and oxygen atoms in total. The van der Waals surface area contributed by atoms with E-state index in [0.29, 0.717) is 16.1 Å². The number of aryl methyl sites for hydroxylation is 1. The molecule has 29 heavy (non-hydrogen) atoms. The summed E-state index contributed by atoms with van der Waals surface area (Å²) < 4.78 is 4.86. The third-order valence-electron chi connectivity index (χ3n) is 4.26. The van der Waals surface area contributed by atoms with Crippen LogP contribution in [0.15, 0.2) is 36.4 Å². The molecule has 0 bridgehead atoms.